The van der Waals surface area contributed by atoms with E-state index in [4.69, 9.17) is 4.42 Å². The third-order valence-electron chi connectivity index (χ3n) is 3.47. The highest BCUT2D eigenvalue weighted by molar-refractivity contribution is 8.00. The van der Waals surface area contributed by atoms with Crippen LogP contribution in [-0.2, 0) is 4.79 Å². The Morgan fingerprint density at radius 3 is 2.83 bits per heavy atom. The minimum absolute atomic E-state index is 0.00609. The van der Waals surface area contributed by atoms with Crippen LogP contribution in [0.4, 0.5) is 0 Å². The molecule has 0 unspecified atom stereocenters. The zero-order valence-corrected chi connectivity index (χ0v) is 14.2. The van der Waals surface area contributed by atoms with E-state index in [-0.39, 0.29) is 11.2 Å². The Kier molecular flexibility index (Phi) is 4.52. The maximum atomic E-state index is 12.2. The summed E-state index contributed by atoms with van der Waals surface area (Å²) >= 11 is 1.39. The lowest BCUT2D eigenvalue weighted by atomic mass is 10.2. The molecule has 0 saturated heterocycles. The SMILES string of the molecule is CC(C)CNC(=O)[C@@H](C)Sc1ncnc2c1oc1ccccc12. The molecule has 0 radical (unpaired) electrons. The van der Waals surface area contributed by atoms with Gasteiger partial charge in [-0.1, -0.05) is 37.7 Å². The lowest BCUT2D eigenvalue weighted by Gasteiger charge is -2.12. The number of hydrogen-bond donors (Lipinski definition) is 1. The van der Waals surface area contributed by atoms with Crippen LogP contribution in [0.25, 0.3) is 22.1 Å². The minimum Gasteiger partial charge on any atom is -0.451 e. The van der Waals surface area contributed by atoms with Gasteiger partial charge in [0.1, 0.15) is 22.5 Å². The van der Waals surface area contributed by atoms with Crippen LogP contribution in [0, 0.1) is 5.92 Å². The Labute approximate surface area is 138 Å². The number of nitrogens with zero attached hydrogens (tertiary/aromatic N) is 2. The van der Waals surface area contributed by atoms with Crippen molar-refractivity contribution >= 4 is 39.7 Å². The molecule has 1 atom stereocenters. The molecule has 1 amide bonds. The van der Waals surface area contributed by atoms with Gasteiger partial charge in [0.2, 0.25) is 5.91 Å². The zero-order chi connectivity index (χ0) is 16.4. The van der Waals surface area contributed by atoms with E-state index >= 15 is 0 Å². The summed E-state index contributed by atoms with van der Waals surface area (Å²) < 4.78 is 5.88. The molecule has 3 rings (SSSR count). The highest BCUT2D eigenvalue weighted by Crippen LogP contribution is 2.33. The van der Waals surface area contributed by atoms with E-state index < -0.39 is 0 Å². The number of hydrogen-bond acceptors (Lipinski definition) is 5. The summed E-state index contributed by atoms with van der Waals surface area (Å²) in [6, 6.07) is 7.76. The molecule has 120 valence electrons. The van der Waals surface area contributed by atoms with Gasteiger partial charge in [-0.25, -0.2) is 9.97 Å². The number of furan rings is 1. The van der Waals surface area contributed by atoms with E-state index in [1.807, 2.05) is 31.2 Å². The van der Waals surface area contributed by atoms with Crippen LogP contribution >= 0.6 is 11.8 Å². The van der Waals surface area contributed by atoms with Gasteiger partial charge >= 0.3 is 0 Å². The smallest absolute Gasteiger partial charge is 0.233 e. The van der Waals surface area contributed by atoms with Crippen LogP contribution in [0.1, 0.15) is 20.8 Å². The van der Waals surface area contributed by atoms with Gasteiger partial charge in [-0.15, -0.1) is 0 Å². The molecule has 3 aromatic rings. The normalized spacial score (nSPS) is 12.9. The quantitative estimate of drug-likeness (QED) is 0.572. The van der Waals surface area contributed by atoms with Crippen molar-refractivity contribution in [2.24, 2.45) is 5.92 Å². The maximum Gasteiger partial charge on any atom is 0.233 e. The van der Waals surface area contributed by atoms with Gasteiger partial charge in [-0.2, -0.15) is 0 Å². The van der Waals surface area contributed by atoms with Gasteiger partial charge in [0.15, 0.2) is 5.58 Å². The molecule has 0 fully saturated rings. The van der Waals surface area contributed by atoms with Crippen molar-refractivity contribution in [2.75, 3.05) is 6.54 Å². The first kappa shape index (κ1) is 15.8. The molecule has 1 aromatic carbocycles. The molecule has 1 N–H and O–H groups in total. The molecule has 0 spiro atoms. The summed E-state index contributed by atoms with van der Waals surface area (Å²) in [5.74, 6) is 0.434. The number of rotatable bonds is 5. The van der Waals surface area contributed by atoms with Gasteiger partial charge < -0.3 is 9.73 Å². The second-order valence-electron chi connectivity index (χ2n) is 5.85. The third kappa shape index (κ3) is 3.32. The van der Waals surface area contributed by atoms with Crippen molar-refractivity contribution in [1.29, 1.82) is 0 Å². The molecule has 0 aliphatic carbocycles. The Hall–Kier alpha value is -2.08. The van der Waals surface area contributed by atoms with E-state index in [1.54, 1.807) is 0 Å². The van der Waals surface area contributed by atoms with Gasteiger partial charge in [0.05, 0.1) is 5.25 Å². The van der Waals surface area contributed by atoms with Crippen molar-refractivity contribution < 1.29 is 9.21 Å². The van der Waals surface area contributed by atoms with Crippen molar-refractivity contribution in [1.82, 2.24) is 15.3 Å². The van der Waals surface area contributed by atoms with Gasteiger partial charge in [0.25, 0.3) is 0 Å². The molecular weight excluding hydrogens is 310 g/mol. The number of para-hydroxylation sites is 1. The molecular formula is C17H19N3O2S. The maximum absolute atomic E-state index is 12.2. The van der Waals surface area contributed by atoms with Crippen LogP contribution in [0.3, 0.4) is 0 Å². The van der Waals surface area contributed by atoms with Crippen molar-refractivity contribution in [2.45, 2.75) is 31.0 Å². The Morgan fingerprint density at radius 2 is 2.04 bits per heavy atom. The van der Waals surface area contributed by atoms with Crippen LogP contribution in [0.15, 0.2) is 40.0 Å². The minimum atomic E-state index is -0.250. The highest BCUT2D eigenvalue weighted by Gasteiger charge is 2.19. The average Bonchev–Trinajstić information content (AvgIpc) is 2.92. The molecule has 0 bridgehead atoms. The largest absolute Gasteiger partial charge is 0.451 e. The topological polar surface area (TPSA) is 68.0 Å². The van der Waals surface area contributed by atoms with Gasteiger partial charge in [0, 0.05) is 11.9 Å². The summed E-state index contributed by atoms with van der Waals surface area (Å²) in [4.78, 5) is 20.8. The third-order valence-corrected chi connectivity index (χ3v) is 4.55. The number of carbonyl (C=O) groups excluding carboxylic acids is 1. The zero-order valence-electron chi connectivity index (χ0n) is 13.4. The van der Waals surface area contributed by atoms with E-state index in [0.29, 0.717) is 23.1 Å². The van der Waals surface area contributed by atoms with Gasteiger partial charge in [-0.3, -0.25) is 4.79 Å². The summed E-state index contributed by atoms with van der Waals surface area (Å²) in [5, 5.41) is 4.35. The lowest BCUT2D eigenvalue weighted by molar-refractivity contribution is -0.120. The Bertz CT molecular complexity index is 844. The molecule has 0 aliphatic rings. The predicted molar refractivity (Wildman–Crippen MR) is 92.5 cm³/mol. The summed E-state index contributed by atoms with van der Waals surface area (Å²) in [5.41, 5.74) is 2.21. The number of aromatic nitrogens is 2. The lowest BCUT2D eigenvalue weighted by Crippen LogP contribution is -2.33. The number of nitrogens with one attached hydrogen (secondary N) is 1. The second-order valence-corrected chi connectivity index (χ2v) is 7.18. The van der Waals surface area contributed by atoms with Crippen LogP contribution in [0.5, 0.6) is 0 Å². The van der Waals surface area contributed by atoms with Gasteiger partial charge in [-0.05, 0) is 25.0 Å². The first-order chi connectivity index (χ1) is 11.1. The summed E-state index contributed by atoms with van der Waals surface area (Å²) in [6.45, 7) is 6.69. The van der Waals surface area contributed by atoms with E-state index in [1.165, 1.54) is 18.1 Å². The molecule has 0 aliphatic heterocycles. The molecule has 2 heterocycles. The monoisotopic (exact) mass is 329 g/mol. The highest BCUT2D eigenvalue weighted by atomic mass is 32.2. The fourth-order valence-electron chi connectivity index (χ4n) is 2.26. The van der Waals surface area contributed by atoms with E-state index in [0.717, 1.165) is 16.5 Å². The molecule has 2 aromatic heterocycles. The average molecular weight is 329 g/mol. The standard InChI is InChI=1S/C17H19N3O2S/c1-10(2)8-18-16(21)11(3)23-17-15-14(19-9-20-17)12-6-4-5-7-13(12)22-15/h4-7,9-11H,8H2,1-3H3,(H,18,21)/t11-/m1/s1. The Morgan fingerprint density at radius 1 is 1.26 bits per heavy atom. The van der Waals surface area contributed by atoms with Crippen molar-refractivity contribution in [3.63, 3.8) is 0 Å². The second kappa shape index (κ2) is 6.58. The first-order valence-electron chi connectivity index (χ1n) is 7.63. The predicted octanol–water partition coefficient (Wildman–Crippen LogP) is 3.63. The number of benzene rings is 1. The van der Waals surface area contributed by atoms with Crippen LogP contribution in [0.2, 0.25) is 0 Å². The Balaban J connectivity index is 1.87. The van der Waals surface area contributed by atoms with Crippen molar-refractivity contribution in [3.8, 4) is 0 Å². The molecule has 23 heavy (non-hydrogen) atoms. The number of amides is 1. The molecule has 6 heteroatoms. The first-order valence-corrected chi connectivity index (χ1v) is 8.51. The van der Waals surface area contributed by atoms with E-state index in [9.17, 15) is 4.79 Å². The molecule has 0 saturated carbocycles. The van der Waals surface area contributed by atoms with Crippen LogP contribution in [-0.4, -0.2) is 27.7 Å². The molecule has 5 nitrogen and oxygen atoms in total. The number of fused-ring (bicyclic) bond motifs is 3. The number of thioether (sulfide) groups is 1. The fraction of sp³-hybridized carbons (Fsp3) is 0.353. The van der Waals surface area contributed by atoms with Crippen molar-refractivity contribution in [3.05, 3.63) is 30.6 Å². The fourth-order valence-corrected chi connectivity index (χ4v) is 3.13. The number of carbonyl (C=O) groups is 1. The summed E-state index contributed by atoms with van der Waals surface area (Å²) in [6.07, 6.45) is 1.52. The van der Waals surface area contributed by atoms with Crippen LogP contribution < -0.4 is 5.32 Å². The summed E-state index contributed by atoms with van der Waals surface area (Å²) in [7, 11) is 0. The van der Waals surface area contributed by atoms with E-state index in [2.05, 4.69) is 29.1 Å².